The van der Waals surface area contributed by atoms with Crippen LogP contribution in [0.3, 0.4) is 0 Å². The van der Waals surface area contributed by atoms with E-state index in [0.29, 0.717) is 10.6 Å². The van der Waals surface area contributed by atoms with Crippen molar-refractivity contribution in [3.05, 3.63) is 73.2 Å². The number of hydrogen-bond donors (Lipinski definition) is 1. The fourth-order valence-corrected chi connectivity index (χ4v) is 3.07. The van der Waals surface area contributed by atoms with E-state index in [9.17, 15) is 19.7 Å². The average Bonchev–Trinajstić information content (AvgIpc) is 2.63. The standard InChI is InChI=1S/C18H16BrClN2O5/c1-27-18(24)16(10-12-9-13(20)5-6-15(12)19)21-17(23)8-11-3-2-4-14(7-11)22(25)26/h2-7,9,16H,8,10H2,1H3,(H,21,23)/t16-/m1/s1. The molecule has 0 heterocycles. The van der Waals surface area contributed by atoms with Crippen LogP contribution in [0.4, 0.5) is 5.69 Å². The summed E-state index contributed by atoms with van der Waals surface area (Å²) in [4.78, 5) is 34.7. The molecule has 27 heavy (non-hydrogen) atoms. The second-order valence-corrected chi connectivity index (χ2v) is 6.98. The van der Waals surface area contributed by atoms with Crippen LogP contribution >= 0.6 is 27.5 Å². The fraction of sp³-hybridized carbons (Fsp3) is 0.222. The Kier molecular flexibility index (Phi) is 7.32. The van der Waals surface area contributed by atoms with E-state index in [0.717, 1.165) is 10.0 Å². The van der Waals surface area contributed by atoms with Crippen LogP contribution in [-0.2, 0) is 27.2 Å². The topological polar surface area (TPSA) is 98.5 Å². The van der Waals surface area contributed by atoms with Gasteiger partial charge in [-0.05, 0) is 29.3 Å². The van der Waals surface area contributed by atoms with Crippen molar-refractivity contribution in [3.8, 4) is 0 Å². The zero-order valence-corrected chi connectivity index (χ0v) is 16.6. The van der Waals surface area contributed by atoms with E-state index in [-0.39, 0.29) is 18.5 Å². The summed E-state index contributed by atoms with van der Waals surface area (Å²) >= 11 is 9.37. The van der Waals surface area contributed by atoms with E-state index in [1.807, 2.05) is 0 Å². The smallest absolute Gasteiger partial charge is 0.328 e. The fourth-order valence-electron chi connectivity index (χ4n) is 2.47. The number of rotatable bonds is 7. The molecule has 2 aromatic rings. The number of nitro benzene ring substituents is 1. The van der Waals surface area contributed by atoms with Crippen molar-refractivity contribution in [1.29, 1.82) is 0 Å². The molecule has 1 amide bonds. The van der Waals surface area contributed by atoms with Crippen molar-refractivity contribution in [2.75, 3.05) is 7.11 Å². The van der Waals surface area contributed by atoms with Crippen molar-refractivity contribution in [3.63, 3.8) is 0 Å². The lowest BCUT2D eigenvalue weighted by molar-refractivity contribution is -0.384. The van der Waals surface area contributed by atoms with Gasteiger partial charge in [0.15, 0.2) is 0 Å². The third kappa shape index (κ3) is 6.04. The van der Waals surface area contributed by atoms with Crippen molar-refractivity contribution in [2.24, 2.45) is 0 Å². The number of nitrogens with one attached hydrogen (secondary N) is 1. The van der Waals surface area contributed by atoms with Crippen LogP contribution in [0.15, 0.2) is 46.9 Å². The van der Waals surface area contributed by atoms with Crippen LogP contribution in [0.1, 0.15) is 11.1 Å². The van der Waals surface area contributed by atoms with Gasteiger partial charge >= 0.3 is 5.97 Å². The second-order valence-electron chi connectivity index (χ2n) is 5.69. The molecule has 1 N–H and O–H groups in total. The Morgan fingerprint density at radius 1 is 1.30 bits per heavy atom. The van der Waals surface area contributed by atoms with E-state index < -0.39 is 22.8 Å². The molecule has 0 saturated carbocycles. The minimum absolute atomic E-state index is 0.104. The molecule has 9 heteroatoms. The van der Waals surface area contributed by atoms with E-state index in [1.165, 1.54) is 25.3 Å². The third-order valence-corrected chi connectivity index (χ3v) is 4.75. The van der Waals surface area contributed by atoms with Crippen LogP contribution < -0.4 is 5.32 Å². The molecule has 2 aromatic carbocycles. The molecule has 1 atom stereocenters. The van der Waals surface area contributed by atoms with Gasteiger partial charge in [-0.15, -0.1) is 0 Å². The van der Waals surface area contributed by atoms with E-state index >= 15 is 0 Å². The predicted octanol–water partition coefficient (Wildman–Crippen LogP) is 3.45. The summed E-state index contributed by atoms with van der Waals surface area (Å²) in [6.07, 6.45) is 0.0698. The van der Waals surface area contributed by atoms with Crippen LogP contribution in [0.5, 0.6) is 0 Å². The van der Waals surface area contributed by atoms with Gasteiger partial charge in [0.1, 0.15) is 6.04 Å². The summed E-state index contributed by atoms with van der Waals surface area (Å²) in [5.41, 5.74) is 1.09. The minimum Gasteiger partial charge on any atom is -0.467 e. The van der Waals surface area contributed by atoms with E-state index in [4.69, 9.17) is 16.3 Å². The highest BCUT2D eigenvalue weighted by Gasteiger charge is 2.23. The van der Waals surface area contributed by atoms with Crippen LogP contribution in [-0.4, -0.2) is 30.0 Å². The van der Waals surface area contributed by atoms with Gasteiger partial charge in [-0.3, -0.25) is 14.9 Å². The number of methoxy groups -OCH3 is 1. The average molecular weight is 456 g/mol. The third-order valence-electron chi connectivity index (χ3n) is 3.74. The molecule has 0 spiro atoms. The first-order valence-corrected chi connectivity index (χ1v) is 9.01. The molecule has 0 bridgehead atoms. The van der Waals surface area contributed by atoms with Crippen LogP contribution in [0, 0.1) is 10.1 Å². The number of non-ortho nitro benzene ring substituents is 1. The van der Waals surface area contributed by atoms with Gasteiger partial charge in [-0.1, -0.05) is 39.7 Å². The molecule has 142 valence electrons. The number of halogens is 2. The zero-order chi connectivity index (χ0) is 20.0. The number of esters is 1. The summed E-state index contributed by atoms with van der Waals surface area (Å²) in [5, 5.41) is 13.9. The summed E-state index contributed by atoms with van der Waals surface area (Å²) in [6.45, 7) is 0. The SMILES string of the molecule is COC(=O)[C@@H](Cc1cc(Cl)ccc1Br)NC(=O)Cc1cccc([N+](=O)[O-])c1. The Morgan fingerprint density at radius 3 is 2.70 bits per heavy atom. The molecule has 0 aromatic heterocycles. The molecule has 0 radical (unpaired) electrons. The summed E-state index contributed by atoms with van der Waals surface area (Å²) in [5.74, 6) is -1.06. The largest absolute Gasteiger partial charge is 0.467 e. The maximum Gasteiger partial charge on any atom is 0.328 e. The first-order valence-electron chi connectivity index (χ1n) is 7.84. The molecule has 2 rings (SSSR count). The Balaban J connectivity index is 2.12. The summed E-state index contributed by atoms with van der Waals surface area (Å²) < 4.78 is 5.51. The van der Waals surface area contributed by atoms with Gasteiger partial charge in [-0.2, -0.15) is 0 Å². The normalized spacial score (nSPS) is 11.5. The molecular formula is C18H16BrClN2O5. The van der Waals surface area contributed by atoms with Crippen molar-refractivity contribution >= 4 is 45.1 Å². The van der Waals surface area contributed by atoms with Crippen molar-refractivity contribution < 1.29 is 19.2 Å². The molecule has 0 aliphatic rings. The Hall–Kier alpha value is -2.45. The second kappa shape index (κ2) is 9.48. The Labute approximate surface area is 168 Å². The Morgan fingerprint density at radius 2 is 2.04 bits per heavy atom. The highest BCUT2D eigenvalue weighted by atomic mass is 79.9. The maximum atomic E-state index is 12.3. The molecule has 0 fully saturated rings. The molecule has 0 aliphatic carbocycles. The van der Waals surface area contributed by atoms with Gasteiger partial charge in [0.2, 0.25) is 5.91 Å². The number of ether oxygens (including phenoxy) is 1. The first kappa shape index (κ1) is 20.9. The first-order chi connectivity index (χ1) is 12.8. The Bertz CT molecular complexity index is 875. The van der Waals surface area contributed by atoms with Gasteiger partial charge in [-0.25, -0.2) is 4.79 Å². The molecule has 0 aliphatic heterocycles. The quantitative estimate of drug-likeness (QED) is 0.392. The molecule has 0 unspecified atom stereocenters. The molecule has 0 saturated heterocycles. The number of nitrogens with zero attached hydrogens (tertiary/aromatic N) is 1. The van der Waals surface area contributed by atoms with Gasteiger partial charge in [0.25, 0.3) is 5.69 Å². The van der Waals surface area contributed by atoms with Crippen LogP contribution in [0.25, 0.3) is 0 Å². The van der Waals surface area contributed by atoms with Gasteiger partial charge in [0, 0.05) is 28.0 Å². The van der Waals surface area contributed by atoms with E-state index in [1.54, 1.807) is 24.3 Å². The number of benzene rings is 2. The van der Waals surface area contributed by atoms with Crippen molar-refractivity contribution in [2.45, 2.75) is 18.9 Å². The minimum atomic E-state index is -0.920. The highest BCUT2D eigenvalue weighted by molar-refractivity contribution is 9.10. The summed E-state index contributed by atoms with van der Waals surface area (Å²) in [7, 11) is 1.23. The molecular weight excluding hydrogens is 440 g/mol. The van der Waals surface area contributed by atoms with Gasteiger partial charge < -0.3 is 10.1 Å². The number of carbonyl (C=O) groups is 2. The lowest BCUT2D eigenvalue weighted by Gasteiger charge is -2.17. The predicted molar refractivity (Wildman–Crippen MR) is 104 cm³/mol. The monoisotopic (exact) mass is 454 g/mol. The van der Waals surface area contributed by atoms with Gasteiger partial charge in [0.05, 0.1) is 18.5 Å². The summed E-state index contributed by atoms with van der Waals surface area (Å²) in [6, 6.07) is 9.98. The van der Waals surface area contributed by atoms with Crippen LogP contribution in [0.2, 0.25) is 5.02 Å². The number of amides is 1. The highest BCUT2D eigenvalue weighted by Crippen LogP contribution is 2.23. The zero-order valence-electron chi connectivity index (χ0n) is 14.3. The van der Waals surface area contributed by atoms with E-state index in [2.05, 4.69) is 21.2 Å². The number of nitro groups is 1. The van der Waals surface area contributed by atoms with Crippen molar-refractivity contribution in [1.82, 2.24) is 5.32 Å². The number of hydrogen-bond acceptors (Lipinski definition) is 5. The lowest BCUT2D eigenvalue weighted by atomic mass is 10.0. The maximum absolute atomic E-state index is 12.3. The molecule has 7 nitrogen and oxygen atoms in total. The lowest BCUT2D eigenvalue weighted by Crippen LogP contribution is -2.43. The number of carbonyl (C=O) groups excluding carboxylic acids is 2.